The number of halogens is 2. The zero-order valence-corrected chi connectivity index (χ0v) is 14.0. The molecule has 0 amide bonds. The van der Waals surface area contributed by atoms with Gasteiger partial charge in [0.1, 0.15) is 0 Å². The van der Waals surface area contributed by atoms with Crippen LogP contribution in [0, 0.1) is 0 Å². The molecular weight excluding hydrogens is 378 g/mol. The summed E-state index contributed by atoms with van der Waals surface area (Å²) < 4.78 is 27.7. The third-order valence-electron chi connectivity index (χ3n) is 2.81. The number of nitrogens with one attached hydrogen (secondary N) is 1. The Morgan fingerprint density at radius 1 is 1.14 bits per heavy atom. The summed E-state index contributed by atoms with van der Waals surface area (Å²) in [7, 11) is -3.65. The summed E-state index contributed by atoms with van der Waals surface area (Å²) in [5.41, 5.74) is 1.15. The van der Waals surface area contributed by atoms with Crippen molar-refractivity contribution in [3.05, 3.63) is 57.5 Å². The smallest absolute Gasteiger partial charge is 0.261 e. The van der Waals surface area contributed by atoms with Crippen LogP contribution in [-0.4, -0.2) is 20.1 Å². The molecule has 0 aliphatic heterocycles. The van der Waals surface area contributed by atoms with E-state index in [9.17, 15) is 8.42 Å². The molecule has 112 valence electrons. The maximum absolute atomic E-state index is 12.2. The lowest BCUT2D eigenvalue weighted by atomic mass is 10.1. The Bertz CT molecular complexity index is 732. The molecule has 0 radical (unpaired) electrons. The van der Waals surface area contributed by atoms with Crippen molar-refractivity contribution in [2.24, 2.45) is 0 Å². The molecule has 0 saturated carbocycles. The standard InChI is InChI=1S/C14H13BrClNO3S/c15-11-2-5-13(6-3-11)21(19,20)17-12-4-1-10(7-8-18)14(16)9-12/h1-6,9,17-18H,7-8H2. The van der Waals surface area contributed by atoms with E-state index in [-0.39, 0.29) is 11.5 Å². The van der Waals surface area contributed by atoms with Crippen LogP contribution in [0.2, 0.25) is 5.02 Å². The highest BCUT2D eigenvalue weighted by atomic mass is 79.9. The van der Waals surface area contributed by atoms with Gasteiger partial charge in [0.05, 0.1) is 10.6 Å². The lowest BCUT2D eigenvalue weighted by Gasteiger charge is -2.10. The predicted molar refractivity (Wildman–Crippen MR) is 87.2 cm³/mol. The van der Waals surface area contributed by atoms with Crippen molar-refractivity contribution in [2.75, 3.05) is 11.3 Å². The number of aliphatic hydroxyl groups excluding tert-OH is 1. The van der Waals surface area contributed by atoms with E-state index in [0.29, 0.717) is 17.1 Å². The predicted octanol–water partition coefficient (Wildman–Crippen LogP) is 3.44. The Morgan fingerprint density at radius 3 is 2.38 bits per heavy atom. The Kier molecular flexibility index (Phi) is 5.27. The van der Waals surface area contributed by atoms with Gasteiger partial charge in [-0.3, -0.25) is 4.72 Å². The molecular formula is C14H13BrClNO3S. The lowest BCUT2D eigenvalue weighted by molar-refractivity contribution is 0.299. The van der Waals surface area contributed by atoms with Gasteiger partial charge in [0.15, 0.2) is 0 Å². The summed E-state index contributed by atoms with van der Waals surface area (Å²) in [4.78, 5) is 0.168. The molecule has 0 bridgehead atoms. The number of aliphatic hydroxyl groups is 1. The van der Waals surface area contributed by atoms with Gasteiger partial charge in [-0.25, -0.2) is 8.42 Å². The molecule has 0 unspecified atom stereocenters. The summed E-state index contributed by atoms with van der Waals surface area (Å²) in [6.07, 6.45) is 0.429. The van der Waals surface area contributed by atoms with E-state index in [1.807, 2.05) is 0 Å². The van der Waals surface area contributed by atoms with Crippen molar-refractivity contribution in [1.82, 2.24) is 0 Å². The van der Waals surface area contributed by atoms with Gasteiger partial charge in [-0.2, -0.15) is 0 Å². The molecule has 0 fully saturated rings. The van der Waals surface area contributed by atoms with Gasteiger partial charge in [0, 0.05) is 16.1 Å². The van der Waals surface area contributed by atoms with E-state index < -0.39 is 10.0 Å². The number of hydrogen-bond acceptors (Lipinski definition) is 3. The molecule has 21 heavy (non-hydrogen) atoms. The van der Waals surface area contributed by atoms with Crippen LogP contribution in [0.15, 0.2) is 51.8 Å². The highest BCUT2D eigenvalue weighted by Crippen LogP contribution is 2.24. The fourth-order valence-electron chi connectivity index (χ4n) is 1.76. The Labute approximate surface area is 136 Å². The quantitative estimate of drug-likeness (QED) is 0.822. The maximum atomic E-state index is 12.2. The molecule has 2 rings (SSSR count). The van der Waals surface area contributed by atoms with Gasteiger partial charge in [0.2, 0.25) is 0 Å². The second kappa shape index (κ2) is 6.79. The molecule has 0 aromatic heterocycles. The third kappa shape index (κ3) is 4.20. The molecule has 4 nitrogen and oxygen atoms in total. The van der Waals surface area contributed by atoms with Crippen molar-refractivity contribution in [2.45, 2.75) is 11.3 Å². The van der Waals surface area contributed by atoms with Crippen LogP contribution < -0.4 is 4.72 Å². The summed E-state index contributed by atoms with van der Waals surface area (Å²) in [5, 5.41) is 9.31. The monoisotopic (exact) mass is 389 g/mol. The summed E-state index contributed by atoms with van der Waals surface area (Å²) in [6, 6.07) is 11.2. The van der Waals surface area contributed by atoms with Crippen molar-refractivity contribution in [3.63, 3.8) is 0 Å². The third-order valence-corrected chi connectivity index (χ3v) is 5.09. The van der Waals surface area contributed by atoms with Crippen molar-refractivity contribution >= 4 is 43.2 Å². The van der Waals surface area contributed by atoms with Crippen LogP contribution in [0.3, 0.4) is 0 Å². The number of hydrogen-bond donors (Lipinski definition) is 2. The highest BCUT2D eigenvalue weighted by Gasteiger charge is 2.14. The van der Waals surface area contributed by atoms with E-state index in [2.05, 4.69) is 20.7 Å². The SMILES string of the molecule is O=S(=O)(Nc1ccc(CCO)c(Cl)c1)c1ccc(Br)cc1. The molecule has 0 atom stereocenters. The highest BCUT2D eigenvalue weighted by molar-refractivity contribution is 9.10. The Hall–Kier alpha value is -1.08. The van der Waals surface area contributed by atoms with Crippen LogP contribution in [0.1, 0.15) is 5.56 Å². The number of rotatable bonds is 5. The molecule has 0 aliphatic carbocycles. The largest absolute Gasteiger partial charge is 0.396 e. The first kappa shape index (κ1) is 16.3. The van der Waals surface area contributed by atoms with E-state index in [1.165, 1.54) is 18.2 Å². The Morgan fingerprint density at radius 2 is 1.81 bits per heavy atom. The second-order valence-corrected chi connectivity index (χ2v) is 7.34. The first-order valence-corrected chi connectivity index (χ1v) is 8.75. The minimum atomic E-state index is -3.65. The van der Waals surface area contributed by atoms with Gasteiger partial charge in [-0.05, 0) is 48.4 Å². The lowest BCUT2D eigenvalue weighted by Crippen LogP contribution is -2.12. The van der Waals surface area contributed by atoms with Crippen LogP contribution in [0.25, 0.3) is 0 Å². The average Bonchev–Trinajstić information content (AvgIpc) is 2.42. The van der Waals surface area contributed by atoms with E-state index >= 15 is 0 Å². The fourth-order valence-corrected chi connectivity index (χ4v) is 3.35. The molecule has 0 spiro atoms. The van der Waals surface area contributed by atoms with Crippen LogP contribution >= 0.6 is 27.5 Å². The minimum absolute atomic E-state index is 0.0102. The van der Waals surface area contributed by atoms with Gasteiger partial charge in [-0.15, -0.1) is 0 Å². The molecule has 0 aliphatic rings. The molecule has 2 aromatic carbocycles. The summed E-state index contributed by atoms with van der Waals surface area (Å²) >= 11 is 9.31. The maximum Gasteiger partial charge on any atom is 0.261 e. The van der Waals surface area contributed by atoms with Crippen molar-refractivity contribution < 1.29 is 13.5 Å². The Balaban J connectivity index is 2.24. The summed E-state index contributed by atoms with van der Waals surface area (Å²) in [5.74, 6) is 0. The fraction of sp³-hybridized carbons (Fsp3) is 0.143. The summed E-state index contributed by atoms with van der Waals surface area (Å²) in [6.45, 7) is -0.0102. The first-order valence-electron chi connectivity index (χ1n) is 6.10. The number of sulfonamides is 1. The molecule has 0 saturated heterocycles. The zero-order valence-electron chi connectivity index (χ0n) is 10.9. The molecule has 7 heteroatoms. The van der Waals surface area contributed by atoms with E-state index in [4.69, 9.17) is 16.7 Å². The minimum Gasteiger partial charge on any atom is -0.396 e. The van der Waals surface area contributed by atoms with Crippen molar-refractivity contribution in [1.29, 1.82) is 0 Å². The average molecular weight is 391 g/mol. The molecule has 0 heterocycles. The van der Waals surface area contributed by atoms with Crippen LogP contribution in [-0.2, 0) is 16.4 Å². The first-order chi connectivity index (χ1) is 9.92. The van der Waals surface area contributed by atoms with Gasteiger partial charge in [-0.1, -0.05) is 33.6 Å². The normalized spacial score (nSPS) is 11.4. The van der Waals surface area contributed by atoms with Crippen molar-refractivity contribution in [3.8, 4) is 0 Å². The number of benzene rings is 2. The molecule has 2 aromatic rings. The van der Waals surface area contributed by atoms with E-state index in [0.717, 1.165) is 10.0 Å². The zero-order chi connectivity index (χ0) is 15.5. The van der Waals surface area contributed by atoms with Gasteiger partial charge < -0.3 is 5.11 Å². The van der Waals surface area contributed by atoms with Crippen LogP contribution in [0.5, 0.6) is 0 Å². The second-order valence-electron chi connectivity index (χ2n) is 4.34. The molecule has 2 N–H and O–H groups in total. The van der Waals surface area contributed by atoms with E-state index in [1.54, 1.807) is 24.3 Å². The van der Waals surface area contributed by atoms with Crippen LogP contribution in [0.4, 0.5) is 5.69 Å². The van der Waals surface area contributed by atoms with Gasteiger partial charge in [0.25, 0.3) is 10.0 Å². The van der Waals surface area contributed by atoms with Gasteiger partial charge >= 0.3 is 0 Å². The number of anilines is 1. The topological polar surface area (TPSA) is 66.4 Å².